The minimum Gasteiger partial charge on any atom is -0.467 e. The molecule has 0 aromatic rings. The molecule has 2 nitrogen and oxygen atoms in total. The molecule has 0 aliphatic heterocycles. The summed E-state index contributed by atoms with van der Waals surface area (Å²) in [6, 6.07) is 0. The van der Waals surface area contributed by atoms with Gasteiger partial charge in [-0.25, -0.2) is 0 Å². The Kier molecular flexibility index (Phi) is 5.43. The highest BCUT2D eigenvalue weighted by molar-refractivity contribution is 5.02. The minimum atomic E-state index is 0.310. The molecule has 0 N–H and O–H groups in total. The highest BCUT2D eigenvalue weighted by Crippen LogP contribution is 2.28. The van der Waals surface area contributed by atoms with E-state index in [4.69, 9.17) is 9.47 Å². The highest BCUT2D eigenvalue weighted by atomic mass is 16.7. The van der Waals surface area contributed by atoms with Gasteiger partial charge in [-0.2, -0.15) is 0 Å². The van der Waals surface area contributed by atoms with Crippen LogP contribution in [0.5, 0.6) is 0 Å². The number of hydrogen-bond donors (Lipinski definition) is 0. The van der Waals surface area contributed by atoms with E-state index >= 15 is 0 Å². The van der Waals surface area contributed by atoms with Gasteiger partial charge in [-0.05, 0) is 31.3 Å². The Hall–Kier alpha value is -0.720. The highest BCUT2D eigenvalue weighted by Gasteiger charge is 2.14. The molecule has 0 bridgehead atoms. The SMILES string of the molecule is COCOC=C=C(C)C1CCCCC1. The number of allylic oxidation sites excluding steroid dienone is 1. The van der Waals surface area contributed by atoms with Crippen molar-refractivity contribution in [3.05, 3.63) is 17.6 Å². The molecule has 0 unspecified atom stereocenters. The fourth-order valence-electron chi connectivity index (χ4n) is 1.89. The first-order chi connectivity index (χ1) is 6.84. The summed E-state index contributed by atoms with van der Waals surface area (Å²) in [5, 5.41) is 0. The van der Waals surface area contributed by atoms with Crippen LogP contribution in [0, 0.1) is 5.92 Å². The molecule has 1 aliphatic carbocycles. The fraction of sp³-hybridized carbons (Fsp3) is 0.750. The smallest absolute Gasteiger partial charge is 0.188 e. The van der Waals surface area contributed by atoms with Crippen molar-refractivity contribution in [2.75, 3.05) is 13.9 Å². The normalized spacial score (nSPS) is 17.3. The second kappa shape index (κ2) is 6.69. The van der Waals surface area contributed by atoms with Gasteiger partial charge >= 0.3 is 0 Å². The van der Waals surface area contributed by atoms with Gasteiger partial charge in [-0.3, -0.25) is 0 Å². The number of methoxy groups -OCH3 is 1. The minimum absolute atomic E-state index is 0.310. The van der Waals surface area contributed by atoms with Gasteiger partial charge in [0, 0.05) is 7.11 Å². The number of hydrogen-bond acceptors (Lipinski definition) is 2. The second-order valence-corrected chi connectivity index (χ2v) is 3.85. The predicted octanol–water partition coefficient (Wildman–Crippen LogP) is 3.25. The molecule has 80 valence electrons. The molecule has 0 spiro atoms. The van der Waals surface area contributed by atoms with Crippen LogP contribution in [0.3, 0.4) is 0 Å². The van der Waals surface area contributed by atoms with Crippen LogP contribution in [0.1, 0.15) is 39.0 Å². The van der Waals surface area contributed by atoms with Crippen LogP contribution in [0.15, 0.2) is 17.6 Å². The first-order valence-electron chi connectivity index (χ1n) is 5.37. The molecule has 0 amide bonds. The van der Waals surface area contributed by atoms with E-state index in [9.17, 15) is 0 Å². The first kappa shape index (κ1) is 11.4. The predicted molar refractivity (Wildman–Crippen MR) is 56.8 cm³/mol. The largest absolute Gasteiger partial charge is 0.467 e. The van der Waals surface area contributed by atoms with Crippen LogP contribution < -0.4 is 0 Å². The van der Waals surface area contributed by atoms with E-state index in [1.54, 1.807) is 13.4 Å². The summed E-state index contributed by atoms with van der Waals surface area (Å²) in [5.74, 6) is 0.728. The van der Waals surface area contributed by atoms with Gasteiger partial charge in [0.05, 0.1) is 0 Å². The van der Waals surface area contributed by atoms with E-state index in [-0.39, 0.29) is 0 Å². The Morgan fingerprint density at radius 3 is 2.71 bits per heavy atom. The zero-order chi connectivity index (χ0) is 10.2. The van der Waals surface area contributed by atoms with Gasteiger partial charge in [-0.1, -0.05) is 25.0 Å². The molecule has 0 aromatic heterocycles. The molecule has 0 saturated heterocycles. The Morgan fingerprint density at radius 1 is 1.36 bits per heavy atom. The molecule has 1 saturated carbocycles. The van der Waals surface area contributed by atoms with E-state index in [0.29, 0.717) is 6.79 Å². The summed E-state index contributed by atoms with van der Waals surface area (Å²) >= 11 is 0. The Morgan fingerprint density at radius 2 is 2.07 bits per heavy atom. The number of rotatable bonds is 4. The Bertz CT molecular complexity index is 208. The van der Waals surface area contributed by atoms with Gasteiger partial charge in [0.15, 0.2) is 6.79 Å². The van der Waals surface area contributed by atoms with E-state index in [1.807, 2.05) is 0 Å². The van der Waals surface area contributed by atoms with Crippen LogP contribution in [0.4, 0.5) is 0 Å². The van der Waals surface area contributed by atoms with Crippen LogP contribution in [0.2, 0.25) is 0 Å². The van der Waals surface area contributed by atoms with Crippen LogP contribution in [0.25, 0.3) is 0 Å². The van der Waals surface area contributed by atoms with Crippen molar-refractivity contribution in [3.8, 4) is 0 Å². The average Bonchev–Trinajstić information content (AvgIpc) is 2.25. The van der Waals surface area contributed by atoms with Gasteiger partial charge < -0.3 is 9.47 Å². The molecule has 14 heavy (non-hydrogen) atoms. The van der Waals surface area contributed by atoms with E-state index in [1.165, 1.54) is 37.7 Å². The van der Waals surface area contributed by atoms with E-state index in [2.05, 4.69) is 12.7 Å². The van der Waals surface area contributed by atoms with Crippen molar-refractivity contribution in [3.63, 3.8) is 0 Å². The van der Waals surface area contributed by atoms with E-state index in [0.717, 1.165) is 5.92 Å². The van der Waals surface area contributed by atoms with Crippen molar-refractivity contribution in [1.29, 1.82) is 0 Å². The lowest BCUT2D eigenvalue weighted by molar-refractivity contribution is 0.0200. The third-order valence-corrected chi connectivity index (χ3v) is 2.77. The molecule has 1 fully saturated rings. The maximum atomic E-state index is 5.07. The van der Waals surface area contributed by atoms with Gasteiger partial charge in [0.25, 0.3) is 0 Å². The van der Waals surface area contributed by atoms with Crippen molar-refractivity contribution in [2.24, 2.45) is 5.92 Å². The molecule has 0 atom stereocenters. The maximum Gasteiger partial charge on any atom is 0.188 e. The topological polar surface area (TPSA) is 18.5 Å². The maximum absolute atomic E-state index is 5.07. The lowest BCUT2D eigenvalue weighted by Crippen LogP contribution is -2.06. The second-order valence-electron chi connectivity index (χ2n) is 3.85. The standard InChI is InChI=1S/C12H20O2/c1-11(8-9-14-10-13-2)12-6-4-3-5-7-12/h9,12H,3-7,10H2,1-2H3. The Labute approximate surface area is 86.6 Å². The lowest BCUT2D eigenvalue weighted by Gasteiger charge is -2.20. The molecule has 2 heteroatoms. The monoisotopic (exact) mass is 196 g/mol. The van der Waals surface area contributed by atoms with Crippen molar-refractivity contribution >= 4 is 0 Å². The average molecular weight is 196 g/mol. The van der Waals surface area contributed by atoms with Crippen LogP contribution in [-0.4, -0.2) is 13.9 Å². The number of ether oxygens (including phenoxy) is 2. The van der Waals surface area contributed by atoms with E-state index < -0.39 is 0 Å². The quantitative estimate of drug-likeness (QED) is 0.297. The zero-order valence-corrected chi connectivity index (χ0v) is 9.21. The van der Waals surface area contributed by atoms with Gasteiger partial charge in [-0.15, -0.1) is 0 Å². The zero-order valence-electron chi connectivity index (χ0n) is 9.21. The first-order valence-corrected chi connectivity index (χ1v) is 5.37. The van der Waals surface area contributed by atoms with Gasteiger partial charge in [0.2, 0.25) is 0 Å². The third-order valence-electron chi connectivity index (χ3n) is 2.77. The van der Waals surface area contributed by atoms with Crippen molar-refractivity contribution in [1.82, 2.24) is 0 Å². The summed E-state index contributed by atoms with van der Waals surface area (Å²) in [6.07, 6.45) is 8.38. The summed E-state index contributed by atoms with van der Waals surface area (Å²) in [5.41, 5.74) is 4.50. The molecule has 1 rings (SSSR count). The van der Waals surface area contributed by atoms with Crippen LogP contribution >= 0.6 is 0 Å². The molecular formula is C12H20O2. The third kappa shape index (κ3) is 3.99. The van der Waals surface area contributed by atoms with Crippen molar-refractivity contribution in [2.45, 2.75) is 39.0 Å². The summed E-state index contributed by atoms with van der Waals surface area (Å²) in [7, 11) is 1.62. The van der Waals surface area contributed by atoms with Crippen molar-refractivity contribution < 1.29 is 9.47 Å². The molecule has 1 aliphatic rings. The lowest BCUT2D eigenvalue weighted by atomic mass is 9.85. The van der Waals surface area contributed by atoms with Crippen LogP contribution in [-0.2, 0) is 9.47 Å². The molecular weight excluding hydrogens is 176 g/mol. The molecule has 0 aromatic carbocycles. The molecule has 0 radical (unpaired) electrons. The summed E-state index contributed by atoms with van der Waals surface area (Å²) < 4.78 is 9.83. The summed E-state index contributed by atoms with van der Waals surface area (Å²) in [4.78, 5) is 0. The fourth-order valence-corrected chi connectivity index (χ4v) is 1.89. The van der Waals surface area contributed by atoms with Gasteiger partial charge in [0.1, 0.15) is 6.26 Å². The Balaban J connectivity index is 2.36. The molecule has 0 heterocycles. The summed E-state index contributed by atoms with van der Waals surface area (Å²) in [6.45, 7) is 2.45.